The number of hydrogen-bond acceptors (Lipinski definition) is 7. The lowest BCUT2D eigenvalue weighted by atomic mass is 10.2. The molecule has 0 aromatic carbocycles. The summed E-state index contributed by atoms with van der Waals surface area (Å²) in [5, 5.41) is 2.56. The van der Waals surface area contributed by atoms with Gasteiger partial charge in [-0.15, -0.1) is 0 Å². The zero-order valence-corrected chi connectivity index (χ0v) is 16.6. The molecule has 10 heteroatoms. The Morgan fingerprint density at radius 1 is 1.00 bits per heavy atom. The van der Waals surface area contributed by atoms with Crippen LogP contribution in [-0.4, -0.2) is 68.2 Å². The van der Waals surface area contributed by atoms with Gasteiger partial charge < -0.3 is 19.7 Å². The van der Waals surface area contributed by atoms with Crippen LogP contribution in [0.1, 0.15) is 41.5 Å². The summed E-state index contributed by atoms with van der Waals surface area (Å²) in [6, 6.07) is -0.739. The van der Waals surface area contributed by atoms with Crippen LogP contribution in [-0.2, 0) is 23.8 Å². The van der Waals surface area contributed by atoms with Gasteiger partial charge in [0.15, 0.2) is 0 Å². The zero-order valence-electron chi connectivity index (χ0n) is 15.8. The Morgan fingerprint density at radius 2 is 1.52 bits per heavy atom. The molecular formula is C15H28N2O7S. The van der Waals surface area contributed by atoms with E-state index in [0.717, 1.165) is 6.26 Å². The van der Waals surface area contributed by atoms with Gasteiger partial charge in [0.25, 0.3) is 10.1 Å². The van der Waals surface area contributed by atoms with Crippen molar-refractivity contribution in [1.29, 1.82) is 0 Å². The maximum Gasteiger partial charge on any atom is 0.410 e. The molecule has 146 valence electrons. The number of hydrogen-bond donors (Lipinski definition) is 1. The second-order valence-corrected chi connectivity index (χ2v) is 9.58. The second kappa shape index (κ2) is 7.36. The maximum atomic E-state index is 12.2. The molecule has 0 aromatic heterocycles. The highest BCUT2D eigenvalue weighted by molar-refractivity contribution is 7.86. The summed E-state index contributed by atoms with van der Waals surface area (Å²) in [6.45, 7) is 10.3. The molecule has 1 aliphatic rings. The van der Waals surface area contributed by atoms with Crippen LogP contribution in [0.4, 0.5) is 9.59 Å². The molecular weight excluding hydrogens is 352 g/mol. The average molecular weight is 380 g/mol. The largest absolute Gasteiger partial charge is 0.444 e. The molecule has 9 nitrogen and oxygen atoms in total. The van der Waals surface area contributed by atoms with Gasteiger partial charge in [0.05, 0.1) is 18.8 Å². The van der Waals surface area contributed by atoms with Gasteiger partial charge in [0, 0.05) is 6.54 Å². The standard InChI is InChI=1S/C15H28N2O7S/c1-14(2,3)22-12(18)16-10-8-17(13(19)23-15(4,5)6)9-11(10)24-25(7,20)21/h10-11H,8-9H2,1-7H3,(H,16,18)/t10-,11+/m0/s1. The van der Waals surface area contributed by atoms with Crippen LogP contribution >= 0.6 is 0 Å². The Hall–Kier alpha value is -1.55. The van der Waals surface area contributed by atoms with Crippen molar-refractivity contribution in [2.45, 2.75) is 64.9 Å². The van der Waals surface area contributed by atoms with Crippen LogP contribution in [0.5, 0.6) is 0 Å². The summed E-state index contributed by atoms with van der Waals surface area (Å²) in [5.41, 5.74) is -1.40. The van der Waals surface area contributed by atoms with Crippen molar-refractivity contribution in [2.24, 2.45) is 0 Å². The summed E-state index contributed by atoms with van der Waals surface area (Å²) in [4.78, 5) is 25.4. The fraction of sp³-hybridized carbons (Fsp3) is 0.867. The second-order valence-electron chi connectivity index (χ2n) is 7.98. The molecule has 1 heterocycles. The van der Waals surface area contributed by atoms with Crippen molar-refractivity contribution in [3.8, 4) is 0 Å². The minimum atomic E-state index is -3.77. The van der Waals surface area contributed by atoms with E-state index < -0.39 is 45.7 Å². The van der Waals surface area contributed by atoms with Gasteiger partial charge in [0.1, 0.15) is 17.3 Å². The fourth-order valence-electron chi connectivity index (χ4n) is 2.17. The average Bonchev–Trinajstić information content (AvgIpc) is 2.65. The summed E-state index contributed by atoms with van der Waals surface area (Å²) < 4.78 is 38.3. The van der Waals surface area contributed by atoms with Gasteiger partial charge in [-0.05, 0) is 41.5 Å². The maximum absolute atomic E-state index is 12.2. The first-order valence-electron chi connectivity index (χ1n) is 7.91. The molecule has 0 spiro atoms. The van der Waals surface area contributed by atoms with E-state index in [1.54, 1.807) is 41.5 Å². The number of nitrogens with zero attached hydrogens (tertiary/aromatic N) is 1. The van der Waals surface area contributed by atoms with E-state index in [-0.39, 0.29) is 13.1 Å². The van der Waals surface area contributed by atoms with Crippen LogP contribution in [0.15, 0.2) is 0 Å². The number of likely N-dealkylation sites (tertiary alicyclic amines) is 1. The molecule has 1 rings (SSSR count). The Labute approximate surface area is 149 Å². The van der Waals surface area contributed by atoms with E-state index in [0.29, 0.717) is 0 Å². The van der Waals surface area contributed by atoms with Gasteiger partial charge in [-0.3, -0.25) is 4.18 Å². The summed E-state index contributed by atoms with van der Waals surface area (Å²) in [5.74, 6) is 0. The Bertz CT molecular complexity index is 604. The lowest BCUT2D eigenvalue weighted by Gasteiger charge is -2.24. The zero-order chi connectivity index (χ0) is 19.6. The van der Waals surface area contributed by atoms with E-state index in [9.17, 15) is 18.0 Å². The van der Waals surface area contributed by atoms with Crippen LogP contribution in [0.25, 0.3) is 0 Å². The minimum absolute atomic E-state index is 0.0253. The van der Waals surface area contributed by atoms with Gasteiger partial charge >= 0.3 is 12.2 Å². The first-order chi connectivity index (χ1) is 11.1. The van der Waals surface area contributed by atoms with Crippen molar-refractivity contribution in [2.75, 3.05) is 19.3 Å². The monoisotopic (exact) mass is 380 g/mol. The molecule has 0 saturated carbocycles. The highest BCUT2D eigenvalue weighted by atomic mass is 32.2. The first kappa shape index (κ1) is 21.5. The van der Waals surface area contributed by atoms with E-state index in [1.165, 1.54) is 4.90 Å². The van der Waals surface area contributed by atoms with Crippen molar-refractivity contribution in [3.05, 3.63) is 0 Å². The van der Waals surface area contributed by atoms with Gasteiger partial charge in [0.2, 0.25) is 0 Å². The molecule has 1 aliphatic heterocycles. The highest BCUT2D eigenvalue weighted by Gasteiger charge is 2.41. The molecule has 2 amide bonds. The number of amides is 2. The predicted octanol–water partition coefficient (Wildman–Crippen LogP) is 1.48. The van der Waals surface area contributed by atoms with Crippen molar-refractivity contribution in [3.63, 3.8) is 0 Å². The van der Waals surface area contributed by atoms with Gasteiger partial charge in [-0.2, -0.15) is 8.42 Å². The summed E-state index contributed by atoms with van der Waals surface area (Å²) in [6.07, 6.45) is -1.34. The predicted molar refractivity (Wildman–Crippen MR) is 90.7 cm³/mol. The molecule has 0 bridgehead atoms. The van der Waals surface area contributed by atoms with Crippen LogP contribution in [0, 0.1) is 0 Å². The number of rotatable bonds is 3. The molecule has 25 heavy (non-hydrogen) atoms. The number of carbonyl (C=O) groups excluding carboxylic acids is 2. The van der Waals surface area contributed by atoms with Crippen LogP contribution in [0.2, 0.25) is 0 Å². The third-order valence-electron chi connectivity index (χ3n) is 2.92. The lowest BCUT2D eigenvalue weighted by Crippen LogP contribution is -2.46. The van der Waals surface area contributed by atoms with Crippen LogP contribution < -0.4 is 5.32 Å². The van der Waals surface area contributed by atoms with Crippen molar-refractivity contribution in [1.82, 2.24) is 10.2 Å². The van der Waals surface area contributed by atoms with E-state index in [4.69, 9.17) is 13.7 Å². The molecule has 0 radical (unpaired) electrons. The normalized spacial score (nSPS) is 21.8. The summed E-state index contributed by atoms with van der Waals surface area (Å²) >= 11 is 0. The molecule has 1 saturated heterocycles. The van der Waals surface area contributed by atoms with E-state index in [1.807, 2.05) is 0 Å². The van der Waals surface area contributed by atoms with Gasteiger partial charge in [-0.25, -0.2) is 9.59 Å². The fourth-order valence-corrected chi connectivity index (χ4v) is 2.81. The molecule has 0 aromatic rings. The Balaban J connectivity index is 2.84. The third-order valence-corrected chi connectivity index (χ3v) is 3.52. The Morgan fingerprint density at radius 3 is 1.96 bits per heavy atom. The minimum Gasteiger partial charge on any atom is -0.444 e. The van der Waals surface area contributed by atoms with Crippen molar-refractivity contribution >= 4 is 22.3 Å². The smallest absolute Gasteiger partial charge is 0.410 e. The Kier molecular flexibility index (Phi) is 6.33. The summed E-state index contributed by atoms with van der Waals surface area (Å²) in [7, 11) is -3.77. The number of nitrogens with one attached hydrogen (secondary N) is 1. The van der Waals surface area contributed by atoms with Crippen molar-refractivity contribution < 1.29 is 31.7 Å². The SMILES string of the molecule is CC(C)(C)OC(=O)N[C@H]1CN(C(=O)OC(C)(C)C)C[C@H]1OS(C)(=O)=O. The molecule has 0 aliphatic carbocycles. The number of carbonyl (C=O) groups is 2. The van der Waals surface area contributed by atoms with Gasteiger partial charge in [-0.1, -0.05) is 0 Å². The van der Waals surface area contributed by atoms with E-state index >= 15 is 0 Å². The number of alkyl carbamates (subject to hydrolysis) is 1. The topological polar surface area (TPSA) is 111 Å². The van der Waals surface area contributed by atoms with Crippen LogP contribution in [0.3, 0.4) is 0 Å². The quantitative estimate of drug-likeness (QED) is 0.738. The molecule has 2 atom stereocenters. The number of ether oxygens (including phenoxy) is 2. The lowest BCUT2D eigenvalue weighted by molar-refractivity contribution is 0.0273. The molecule has 1 fully saturated rings. The molecule has 1 N–H and O–H groups in total. The third kappa shape index (κ3) is 8.39. The highest BCUT2D eigenvalue weighted by Crippen LogP contribution is 2.20. The molecule has 0 unspecified atom stereocenters. The van der Waals surface area contributed by atoms with E-state index in [2.05, 4.69) is 5.32 Å². The first-order valence-corrected chi connectivity index (χ1v) is 9.73.